The third-order valence-electron chi connectivity index (χ3n) is 2.79. The summed E-state index contributed by atoms with van der Waals surface area (Å²) in [6.07, 6.45) is 0. The first-order chi connectivity index (χ1) is 9.94. The van der Waals surface area contributed by atoms with Gasteiger partial charge in [-0.05, 0) is 12.5 Å². The second-order valence-corrected chi connectivity index (χ2v) is 6.84. The van der Waals surface area contributed by atoms with Crippen LogP contribution in [0, 0.1) is 0 Å². The monoisotopic (exact) mass is 440 g/mol. The SMILES string of the molecule is CCS(=O)(=O)NCCNC(=NCc1ccccc1)N(C)C.I. The van der Waals surface area contributed by atoms with Gasteiger partial charge in [0.15, 0.2) is 5.96 Å². The molecule has 0 bridgehead atoms. The van der Waals surface area contributed by atoms with Crippen LogP contribution in [0.2, 0.25) is 0 Å². The molecule has 0 unspecified atom stereocenters. The van der Waals surface area contributed by atoms with Crippen molar-refractivity contribution in [3.63, 3.8) is 0 Å². The number of rotatable bonds is 7. The highest BCUT2D eigenvalue weighted by atomic mass is 127. The topological polar surface area (TPSA) is 73.8 Å². The molecule has 0 aliphatic carbocycles. The zero-order valence-corrected chi connectivity index (χ0v) is 16.4. The number of hydrogen-bond acceptors (Lipinski definition) is 3. The van der Waals surface area contributed by atoms with Gasteiger partial charge in [-0.1, -0.05) is 30.3 Å². The summed E-state index contributed by atoms with van der Waals surface area (Å²) in [4.78, 5) is 6.37. The van der Waals surface area contributed by atoms with Crippen molar-refractivity contribution in [3.8, 4) is 0 Å². The predicted molar refractivity (Wildman–Crippen MR) is 102 cm³/mol. The number of sulfonamides is 1. The molecule has 126 valence electrons. The van der Waals surface area contributed by atoms with Crippen LogP contribution in [0.15, 0.2) is 35.3 Å². The first kappa shape index (κ1) is 21.1. The Morgan fingerprint density at radius 2 is 1.82 bits per heavy atom. The fourth-order valence-electron chi connectivity index (χ4n) is 1.59. The van der Waals surface area contributed by atoms with Crippen molar-refractivity contribution in [2.24, 2.45) is 4.99 Å². The van der Waals surface area contributed by atoms with Crippen LogP contribution in [0.25, 0.3) is 0 Å². The van der Waals surface area contributed by atoms with Crippen LogP contribution in [0.3, 0.4) is 0 Å². The maximum Gasteiger partial charge on any atom is 0.211 e. The van der Waals surface area contributed by atoms with E-state index < -0.39 is 10.0 Å². The van der Waals surface area contributed by atoms with E-state index in [-0.39, 0.29) is 29.7 Å². The molecule has 0 saturated heterocycles. The summed E-state index contributed by atoms with van der Waals surface area (Å²) in [6, 6.07) is 9.97. The fourth-order valence-corrected chi connectivity index (χ4v) is 2.21. The largest absolute Gasteiger partial charge is 0.355 e. The van der Waals surface area contributed by atoms with E-state index in [0.29, 0.717) is 19.6 Å². The van der Waals surface area contributed by atoms with Gasteiger partial charge in [-0.15, -0.1) is 24.0 Å². The molecule has 0 spiro atoms. The average molecular weight is 440 g/mol. The van der Waals surface area contributed by atoms with Crippen LogP contribution in [-0.2, 0) is 16.6 Å². The molecular formula is C14H25IN4O2S. The molecule has 0 atom stereocenters. The quantitative estimate of drug-likeness (QED) is 0.290. The Balaban J connectivity index is 0.00000441. The maximum atomic E-state index is 11.3. The molecular weight excluding hydrogens is 415 g/mol. The molecule has 1 rings (SSSR count). The highest BCUT2D eigenvalue weighted by molar-refractivity contribution is 14.0. The van der Waals surface area contributed by atoms with Gasteiger partial charge in [-0.25, -0.2) is 18.1 Å². The Morgan fingerprint density at radius 1 is 1.18 bits per heavy atom. The normalized spacial score (nSPS) is 11.7. The highest BCUT2D eigenvalue weighted by Gasteiger charge is 2.06. The standard InChI is InChI=1S/C14H24N4O2S.HI/c1-4-21(19,20)17-11-10-15-14(18(2)3)16-12-13-8-6-5-7-9-13;/h5-9,17H,4,10-12H2,1-3H3,(H,15,16);1H. The molecule has 1 aromatic carbocycles. The number of hydrogen-bond donors (Lipinski definition) is 2. The van der Waals surface area contributed by atoms with Crippen molar-refractivity contribution < 1.29 is 8.42 Å². The number of halogens is 1. The summed E-state index contributed by atoms with van der Waals surface area (Å²) in [5, 5.41) is 3.14. The van der Waals surface area contributed by atoms with Gasteiger partial charge in [-0.3, -0.25) is 0 Å². The Hall–Kier alpha value is -0.870. The van der Waals surface area contributed by atoms with E-state index in [1.807, 2.05) is 49.3 Å². The van der Waals surface area contributed by atoms with Crippen molar-refractivity contribution in [1.29, 1.82) is 0 Å². The maximum absolute atomic E-state index is 11.3. The lowest BCUT2D eigenvalue weighted by Crippen LogP contribution is -2.41. The van der Waals surface area contributed by atoms with E-state index in [1.54, 1.807) is 6.92 Å². The van der Waals surface area contributed by atoms with E-state index in [1.165, 1.54) is 0 Å². The van der Waals surface area contributed by atoms with Gasteiger partial charge in [0.1, 0.15) is 0 Å². The molecule has 2 N–H and O–H groups in total. The summed E-state index contributed by atoms with van der Waals surface area (Å²) in [6.45, 7) is 3.03. The van der Waals surface area contributed by atoms with E-state index in [9.17, 15) is 8.42 Å². The Labute approximate surface area is 150 Å². The molecule has 0 radical (unpaired) electrons. The van der Waals surface area contributed by atoms with Gasteiger partial charge in [0.25, 0.3) is 0 Å². The highest BCUT2D eigenvalue weighted by Crippen LogP contribution is 2.00. The molecule has 0 amide bonds. The van der Waals surface area contributed by atoms with E-state index in [4.69, 9.17) is 0 Å². The lowest BCUT2D eigenvalue weighted by Gasteiger charge is -2.17. The third kappa shape index (κ3) is 8.54. The summed E-state index contributed by atoms with van der Waals surface area (Å²) in [5.41, 5.74) is 1.13. The van der Waals surface area contributed by atoms with Crippen LogP contribution in [0.4, 0.5) is 0 Å². The first-order valence-electron chi connectivity index (χ1n) is 6.91. The molecule has 6 nitrogen and oxygen atoms in total. The lowest BCUT2D eigenvalue weighted by atomic mass is 10.2. The number of benzene rings is 1. The van der Waals surface area contributed by atoms with E-state index in [2.05, 4.69) is 15.0 Å². The third-order valence-corrected chi connectivity index (χ3v) is 4.19. The first-order valence-corrected chi connectivity index (χ1v) is 8.56. The number of nitrogens with zero attached hydrogens (tertiary/aromatic N) is 2. The Bertz CT molecular complexity index is 547. The zero-order valence-electron chi connectivity index (χ0n) is 13.2. The van der Waals surface area contributed by atoms with Gasteiger partial charge >= 0.3 is 0 Å². The van der Waals surface area contributed by atoms with E-state index in [0.717, 1.165) is 11.5 Å². The molecule has 0 fully saturated rings. The molecule has 1 aromatic rings. The summed E-state index contributed by atoms with van der Waals surface area (Å²) in [5.74, 6) is 0.824. The average Bonchev–Trinajstić information content (AvgIpc) is 2.47. The van der Waals surface area contributed by atoms with Gasteiger partial charge < -0.3 is 10.2 Å². The minimum Gasteiger partial charge on any atom is -0.355 e. The smallest absolute Gasteiger partial charge is 0.211 e. The Morgan fingerprint density at radius 3 is 2.36 bits per heavy atom. The second-order valence-electron chi connectivity index (χ2n) is 4.74. The molecule has 0 saturated carbocycles. The lowest BCUT2D eigenvalue weighted by molar-refractivity contribution is 0.568. The van der Waals surface area contributed by atoms with Crippen LogP contribution < -0.4 is 10.0 Å². The van der Waals surface area contributed by atoms with Crippen LogP contribution in [0.5, 0.6) is 0 Å². The number of nitrogens with one attached hydrogen (secondary N) is 2. The fraction of sp³-hybridized carbons (Fsp3) is 0.500. The minimum absolute atomic E-state index is 0. The minimum atomic E-state index is -3.14. The van der Waals surface area contributed by atoms with E-state index >= 15 is 0 Å². The van der Waals surface area contributed by atoms with Gasteiger partial charge in [0.05, 0.1) is 12.3 Å². The molecule has 0 aromatic heterocycles. The molecule has 0 aliphatic rings. The van der Waals surface area contributed by atoms with Crippen LogP contribution in [0.1, 0.15) is 12.5 Å². The van der Waals surface area contributed by atoms with Gasteiger partial charge in [0.2, 0.25) is 10.0 Å². The summed E-state index contributed by atoms with van der Waals surface area (Å²) < 4.78 is 25.1. The van der Waals surface area contributed by atoms with Gasteiger partial charge in [0, 0.05) is 27.2 Å². The molecule has 0 heterocycles. The number of guanidine groups is 1. The zero-order chi connectivity index (χ0) is 15.7. The van der Waals surface area contributed by atoms with Crippen molar-refractivity contribution in [2.45, 2.75) is 13.5 Å². The van der Waals surface area contributed by atoms with Crippen molar-refractivity contribution in [3.05, 3.63) is 35.9 Å². The second kappa shape index (κ2) is 10.8. The van der Waals surface area contributed by atoms with Crippen LogP contribution in [-0.4, -0.2) is 52.2 Å². The summed E-state index contributed by atoms with van der Waals surface area (Å²) >= 11 is 0. The molecule has 22 heavy (non-hydrogen) atoms. The van der Waals surface area contributed by atoms with Crippen molar-refractivity contribution in [1.82, 2.24) is 14.9 Å². The predicted octanol–water partition coefficient (Wildman–Crippen LogP) is 1.25. The van der Waals surface area contributed by atoms with Crippen LogP contribution >= 0.6 is 24.0 Å². The Kier molecular flexibility index (Phi) is 10.4. The number of aliphatic imine (C=N–C) groups is 1. The molecule has 0 aliphatic heterocycles. The van der Waals surface area contributed by atoms with Crippen molar-refractivity contribution in [2.75, 3.05) is 32.9 Å². The van der Waals surface area contributed by atoms with Gasteiger partial charge in [-0.2, -0.15) is 0 Å². The summed E-state index contributed by atoms with van der Waals surface area (Å²) in [7, 11) is 0.655. The van der Waals surface area contributed by atoms with Crippen molar-refractivity contribution >= 4 is 40.0 Å². The molecule has 8 heteroatoms.